The predicted molar refractivity (Wildman–Crippen MR) is 52.1 cm³/mol. The molecule has 70 valence electrons. The summed E-state index contributed by atoms with van der Waals surface area (Å²) in [5.41, 5.74) is 0.704. The molecule has 2 nitrogen and oxygen atoms in total. The van der Waals surface area contributed by atoms with Crippen LogP contribution in [0.3, 0.4) is 0 Å². The number of nitrogens with zero attached hydrogens (tertiary/aromatic N) is 1. The first-order valence-corrected chi connectivity index (χ1v) is 4.29. The summed E-state index contributed by atoms with van der Waals surface area (Å²) in [6.07, 6.45) is 0.617. The third-order valence-corrected chi connectivity index (χ3v) is 2.16. The minimum Gasteiger partial charge on any atom is -0.296 e. The van der Waals surface area contributed by atoms with Gasteiger partial charge in [-0.3, -0.25) is 4.79 Å². The topological polar surface area (TPSA) is 30.0 Å². The van der Waals surface area contributed by atoms with Crippen LogP contribution in [0.1, 0.15) is 10.5 Å². The minimum absolute atomic E-state index is 0.0538. The molecule has 14 heavy (non-hydrogen) atoms. The highest BCUT2D eigenvalue weighted by Gasteiger charge is 2.03. The zero-order valence-electron chi connectivity index (χ0n) is 7.00. The fourth-order valence-corrected chi connectivity index (χ4v) is 1.37. The monoisotopic (exact) mass is 209 g/mol. The van der Waals surface area contributed by atoms with Gasteiger partial charge in [0.2, 0.25) is 0 Å². The molecule has 0 spiro atoms. The summed E-state index contributed by atoms with van der Waals surface area (Å²) in [5.74, 6) is -0.533. The highest BCUT2D eigenvalue weighted by Crippen LogP contribution is 2.21. The van der Waals surface area contributed by atoms with Crippen molar-refractivity contribution in [1.29, 1.82) is 0 Å². The first-order valence-electron chi connectivity index (χ1n) is 3.91. The van der Waals surface area contributed by atoms with Crippen LogP contribution in [-0.4, -0.2) is 11.3 Å². The van der Waals surface area contributed by atoms with Gasteiger partial charge < -0.3 is 0 Å². The quantitative estimate of drug-likeness (QED) is 0.676. The van der Waals surface area contributed by atoms with Gasteiger partial charge in [-0.2, -0.15) is 0 Å². The van der Waals surface area contributed by atoms with Gasteiger partial charge in [-0.15, -0.1) is 0 Å². The van der Waals surface area contributed by atoms with Gasteiger partial charge in [-0.1, -0.05) is 17.7 Å². The molecule has 2 aromatic rings. The predicted octanol–water partition coefficient (Wildman–Crippen LogP) is 2.84. The van der Waals surface area contributed by atoms with E-state index in [-0.39, 0.29) is 10.7 Å². The van der Waals surface area contributed by atoms with Crippen molar-refractivity contribution >= 4 is 28.8 Å². The summed E-state index contributed by atoms with van der Waals surface area (Å²) in [7, 11) is 0. The van der Waals surface area contributed by atoms with Crippen molar-refractivity contribution in [3.63, 3.8) is 0 Å². The smallest absolute Gasteiger partial charge is 0.168 e. The minimum atomic E-state index is -0.533. The lowest BCUT2D eigenvalue weighted by atomic mass is 10.2. The molecule has 0 aliphatic heterocycles. The van der Waals surface area contributed by atoms with Crippen molar-refractivity contribution in [1.82, 2.24) is 4.98 Å². The van der Waals surface area contributed by atoms with E-state index in [0.29, 0.717) is 17.2 Å². The summed E-state index contributed by atoms with van der Waals surface area (Å²) < 4.78 is 13.0. The lowest BCUT2D eigenvalue weighted by Crippen LogP contribution is -1.88. The molecule has 0 fully saturated rings. The van der Waals surface area contributed by atoms with Crippen LogP contribution in [0.25, 0.3) is 10.9 Å². The van der Waals surface area contributed by atoms with Gasteiger partial charge in [-0.25, -0.2) is 9.37 Å². The number of carbonyl (C=O) groups is 1. The molecule has 0 aliphatic carbocycles. The van der Waals surface area contributed by atoms with E-state index in [2.05, 4.69) is 4.98 Å². The van der Waals surface area contributed by atoms with E-state index in [1.165, 1.54) is 12.1 Å². The Morgan fingerprint density at radius 2 is 2.14 bits per heavy atom. The molecule has 0 atom stereocenters. The van der Waals surface area contributed by atoms with Gasteiger partial charge in [0.15, 0.2) is 6.29 Å². The molecular weight excluding hydrogens is 205 g/mol. The standard InChI is InChI=1S/C10H5ClFNO/c11-8-3-6-1-2-7(5-14)13-10(6)4-9(8)12/h1-5H. The van der Waals surface area contributed by atoms with Crippen molar-refractivity contribution in [2.75, 3.05) is 0 Å². The van der Waals surface area contributed by atoms with Gasteiger partial charge in [0.25, 0.3) is 0 Å². The maximum atomic E-state index is 13.0. The third-order valence-electron chi connectivity index (χ3n) is 1.87. The van der Waals surface area contributed by atoms with Crippen LogP contribution >= 0.6 is 11.6 Å². The average molecular weight is 210 g/mol. The van der Waals surface area contributed by atoms with Gasteiger partial charge >= 0.3 is 0 Å². The Morgan fingerprint density at radius 1 is 1.36 bits per heavy atom. The Labute approximate surface area is 84.3 Å². The fourth-order valence-electron chi connectivity index (χ4n) is 1.20. The number of hydrogen-bond acceptors (Lipinski definition) is 2. The molecular formula is C10H5ClFNO. The van der Waals surface area contributed by atoms with Crippen LogP contribution in [0.2, 0.25) is 5.02 Å². The third kappa shape index (κ3) is 1.46. The van der Waals surface area contributed by atoms with Gasteiger partial charge in [0.1, 0.15) is 11.5 Å². The van der Waals surface area contributed by atoms with E-state index in [1.807, 2.05) is 0 Å². The van der Waals surface area contributed by atoms with Crippen molar-refractivity contribution < 1.29 is 9.18 Å². The number of pyridine rings is 1. The molecule has 4 heteroatoms. The Bertz CT molecular complexity index is 513. The number of hydrogen-bond donors (Lipinski definition) is 0. The second-order valence-corrected chi connectivity index (χ2v) is 3.22. The van der Waals surface area contributed by atoms with Crippen molar-refractivity contribution in [2.24, 2.45) is 0 Å². The van der Waals surface area contributed by atoms with Crippen molar-refractivity contribution in [3.8, 4) is 0 Å². The molecule has 1 aromatic carbocycles. The van der Waals surface area contributed by atoms with E-state index in [1.54, 1.807) is 12.1 Å². The number of halogens is 2. The molecule has 0 unspecified atom stereocenters. The second-order valence-electron chi connectivity index (χ2n) is 2.81. The van der Waals surface area contributed by atoms with Crippen molar-refractivity contribution in [2.45, 2.75) is 0 Å². The van der Waals surface area contributed by atoms with Crippen LogP contribution < -0.4 is 0 Å². The fraction of sp³-hybridized carbons (Fsp3) is 0. The zero-order valence-corrected chi connectivity index (χ0v) is 7.75. The number of benzene rings is 1. The average Bonchev–Trinajstić information content (AvgIpc) is 2.19. The lowest BCUT2D eigenvalue weighted by Gasteiger charge is -1.99. The summed E-state index contributed by atoms with van der Waals surface area (Å²) in [6.45, 7) is 0. The maximum Gasteiger partial charge on any atom is 0.168 e. The van der Waals surface area contributed by atoms with Crippen LogP contribution in [0.15, 0.2) is 24.3 Å². The molecule has 1 aromatic heterocycles. The van der Waals surface area contributed by atoms with Crippen LogP contribution in [-0.2, 0) is 0 Å². The number of carbonyl (C=O) groups excluding carboxylic acids is 1. The van der Waals surface area contributed by atoms with Gasteiger partial charge in [0, 0.05) is 11.5 Å². The van der Waals surface area contributed by atoms with Crippen LogP contribution in [0, 0.1) is 5.82 Å². The number of rotatable bonds is 1. The number of fused-ring (bicyclic) bond motifs is 1. The molecule has 0 saturated carbocycles. The Kier molecular flexibility index (Phi) is 2.17. The normalized spacial score (nSPS) is 10.4. The van der Waals surface area contributed by atoms with E-state index >= 15 is 0 Å². The second kappa shape index (κ2) is 3.35. The Morgan fingerprint density at radius 3 is 2.86 bits per heavy atom. The lowest BCUT2D eigenvalue weighted by molar-refractivity contribution is 0.111. The summed E-state index contributed by atoms with van der Waals surface area (Å²) in [5, 5.41) is 0.764. The first kappa shape index (κ1) is 9.09. The summed E-state index contributed by atoms with van der Waals surface area (Å²) in [6, 6.07) is 5.93. The maximum absolute atomic E-state index is 13.0. The first-order chi connectivity index (χ1) is 6.70. The molecule has 0 aliphatic rings. The number of aldehydes is 1. The van der Waals surface area contributed by atoms with Crippen LogP contribution in [0.4, 0.5) is 4.39 Å². The molecule has 1 heterocycles. The number of aromatic nitrogens is 1. The Balaban J connectivity index is 2.76. The summed E-state index contributed by atoms with van der Waals surface area (Å²) >= 11 is 5.59. The van der Waals surface area contributed by atoms with E-state index in [9.17, 15) is 9.18 Å². The Hall–Kier alpha value is -1.48. The van der Waals surface area contributed by atoms with E-state index < -0.39 is 5.82 Å². The molecule has 0 radical (unpaired) electrons. The van der Waals surface area contributed by atoms with E-state index in [4.69, 9.17) is 11.6 Å². The molecule has 0 bridgehead atoms. The van der Waals surface area contributed by atoms with E-state index in [0.717, 1.165) is 0 Å². The van der Waals surface area contributed by atoms with Gasteiger partial charge in [-0.05, 0) is 12.1 Å². The zero-order chi connectivity index (χ0) is 10.1. The van der Waals surface area contributed by atoms with Crippen molar-refractivity contribution in [3.05, 3.63) is 40.8 Å². The largest absolute Gasteiger partial charge is 0.296 e. The highest BCUT2D eigenvalue weighted by molar-refractivity contribution is 6.31. The van der Waals surface area contributed by atoms with Crippen LogP contribution in [0.5, 0.6) is 0 Å². The molecule has 0 saturated heterocycles. The SMILES string of the molecule is O=Cc1ccc2cc(Cl)c(F)cc2n1. The van der Waals surface area contributed by atoms with Gasteiger partial charge in [0.05, 0.1) is 10.5 Å². The molecule has 2 rings (SSSR count). The molecule has 0 amide bonds. The highest BCUT2D eigenvalue weighted by atomic mass is 35.5. The molecule has 0 N–H and O–H groups in total. The summed E-state index contributed by atoms with van der Waals surface area (Å²) in [4.78, 5) is 14.3.